The number of pyridine rings is 1. The molecule has 1 aromatic heterocycles. The molecular weight excluding hydrogens is 422 g/mol. The van der Waals surface area contributed by atoms with Gasteiger partial charge in [-0.15, -0.1) is 0 Å². The summed E-state index contributed by atoms with van der Waals surface area (Å²) in [6.45, 7) is 3.32. The van der Waals surface area contributed by atoms with Crippen molar-refractivity contribution in [3.8, 4) is 0 Å². The van der Waals surface area contributed by atoms with Gasteiger partial charge in [0.1, 0.15) is 0 Å². The molecule has 4 rings (SSSR count). The Morgan fingerprint density at radius 2 is 1.97 bits per heavy atom. The van der Waals surface area contributed by atoms with Gasteiger partial charge in [-0.3, -0.25) is 19.5 Å². The molecule has 174 valence electrons. The molecule has 1 fully saturated rings. The van der Waals surface area contributed by atoms with Crippen LogP contribution in [-0.4, -0.2) is 65.6 Å². The molecule has 3 N–H and O–H groups in total. The van der Waals surface area contributed by atoms with Crippen LogP contribution in [0.4, 0.5) is 10.5 Å². The molecule has 9 nitrogen and oxygen atoms in total. The van der Waals surface area contributed by atoms with E-state index in [0.717, 1.165) is 31.6 Å². The summed E-state index contributed by atoms with van der Waals surface area (Å²) in [5.74, 6) is -1.31. The number of carboxylic acids is 1. The van der Waals surface area contributed by atoms with Gasteiger partial charge in [-0.1, -0.05) is 12.1 Å². The second-order valence-corrected chi connectivity index (χ2v) is 8.38. The van der Waals surface area contributed by atoms with E-state index < -0.39 is 12.0 Å². The van der Waals surface area contributed by atoms with Gasteiger partial charge in [-0.05, 0) is 60.8 Å². The lowest BCUT2D eigenvalue weighted by Crippen LogP contribution is -2.36. The predicted molar refractivity (Wildman–Crippen MR) is 123 cm³/mol. The standard InChI is InChI=1S/C24H29N5O4/c30-22(27-21(15-23(31)32)19-2-1-8-26-16-19)7-11-28-12-13-29(24(28)33)20-4-3-17-5-9-25-10-6-18(17)14-20/h1-4,8,14,16,21,25H,5-7,9-13,15H2,(H,27,30)(H,31,32). The lowest BCUT2D eigenvalue weighted by molar-refractivity contribution is -0.137. The summed E-state index contributed by atoms with van der Waals surface area (Å²) in [6.07, 6.45) is 4.95. The summed E-state index contributed by atoms with van der Waals surface area (Å²) < 4.78 is 0. The van der Waals surface area contributed by atoms with E-state index in [2.05, 4.69) is 27.8 Å². The summed E-state index contributed by atoms with van der Waals surface area (Å²) in [7, 11) is 0. The Labute approximate surface area is 192 Å². The van der Waals surface area contributed by atoms with Crippen LogP contribution in [0.3, 0.4) is 0 Å². The average Bonchev–Trinajstić information content (AvgIpc) is 3.02. The van der Waals surface area contributed by atoms with Crippen LogP contribution in [0.15, 0.2) is 42.7 Å². The van der Waals surface area contributed by atoms with Crippen LogP contribution >= 0.6 is 0 Å². The molecule has 1 unspecified atom stereocenters. The zero-order valence-electron chi connectivity index (χ0n) is 18.5. The zero-order chi connectivity index (χ0) is 23.2. The minimum absolute atomic E-state index is 0.103. The molecule has 1 aromatic carbocycles. The first kappa shape index (κ1) is 22.7. The first-order valence-electron chi connectivity index (χ1n) is 11.3. The molecule has 2 aliphatic heterocycles. The number of urea groups is 1. The van der Waals surface area contributed by atoms with Crippen LogP contribution in [0.25, 0.3) is 0 Å². The number of aromatic nitrogens is 1. The number of hydrogen-bond donors (Lipinski definition) is 3. The summed E-state index contributed by atoms with van der Waals surface area (Å²) in [5, 5.41) is 15.4. The quantitative estimate of drug-likeness (QED) is 0.563. The molecule has 0 spiro atoms. The molecule has 0 aliphatic carbocycles. The van der Waals surface area contributed by atoms with Crippen LogP contribution in [0.2, 0.25) is 0 Å². The summed E-state index contributed by atoms with van der Waals surface area (Å²) in [5.41, 5.74) is 4.14. The van der Waals surface area contributed by atoms with E-state index in [1.807, 2.05) is 6.07 Å². The highest BCUT2D eigenvalue weighted by molar-refractivity contribution is 5.94. The lowest BCUT2D eigenvalue weighted by atomic mass is 10.0. The van der Waals surface area contributed by atoms with Gasteiger partial charge in [0.25, 0.3) is 0 Å². The molecule has 2 aromatic rings. The van der Waals surface area contributed by atoms with E-state index in [9.17, 15) is 19.5 Å². The van der Waals surface area contributed by atoms with E-state index >= 15 is 0 Å². The van der Waals surface area contributed by atoms with Gasteiger partial charge in [0.05, 0.1) is 12.5 Å². The highest BCUT2D eigenvalue weighted by Crippen LogP contribution is 2.25. The SMILES string of the molecule is O=C(O)CC(NC(=O)CCN1CCN(c2ccc3c(c2)CCNCC3)C1=O)c1cccnc1. The second kappa shape index (κ2) is 10.4. The van der Waals surface area contributed by atoms with Gasteiger partial charge >= 0.3 is 12.0 Å². The number of aliphatic carboxylic acids is 1. The van der Waals surface area contributed by atoms with E-state index in [1.165, 1.54) is 11.1 Å². The Kier molecular flexibility index (Phi) is 7.19. The van der Waals surface area contributed by atoms with Gasteiger partial charge in [-0.25, -0.2) is 4.79 Å². The Bertz CT molecular complexity index is 1010. The Balaban J connectivity index is 1.34. The number of carboxylic acid groups (broad SMARTS) is 1. The number of benzene rings is 1. The van der Waals surface area contributed by atoms with Crippen molar-refractivity contribution in [1.29, 1.82) is 0 Å². The average molecular weight is 452 g/mol. The Hall–Kier alpha value is -3.46. The van der Waals surface area contributed by atoms with Gasteiger partial charge in [0.15, 0.2) is 0 Å². The molecule has 9 heteroatoms. The summed E-state index contributed by atoms with van der Waals surface area (Å²) >= 11 is 0. The van der Waals surface area contributed by atoms with Crippen molar-refractivity contribution in [3.63, 3.8) is 0 Å². The fraction of sp³-hybridized carbons (Fsp3) is 0.417. The van der Waals surface area contributed by atoms with Crippen molar-refractivity contribution >= 4 is 23.6 Å². The van der Waals surface area contributed by atoms with Crippen molar-refractivity contribution in [3.05, 3.63) is 59.4 Å². The number of rotatable bonds is 8. The monoisotopic (exact) mass is 451 g/mol. The van der Waals surface area contributed by atoms with Crippen molar-refractivity contribution < 1.29 is 19.5 Å². The van der Waals surface area contributed by atoms with Gasteiger partial charge < -0.3 is 20.6 Å². The van der Waals surface area contributed by atoms with E-state index in [-0.39, 0.29) is 31.3 Å². The number of amides is 3. The minimum atomic E-state index is -1.01. The van der Waals surface area contributed by atoms with Crippen molar-refractivity contribution in [2.75, 3.05) is 37.6 Å². The number of carbonyl (C=O) groups is 3. The number of carbonyl (C=O) groups excluding carboxylic acids is 2. The van der Waals surface area contributed by atoms with Gasteiger partial charge in [0, 0.05) is 44.1 Å². The fourth-order valence-corrected chi connectivity index (χ4v) is 4.37. The zero-order valence-corrected chi connectivity index (χ0v) is 18.5. The molecule has 0 radical (unpaired) electrons. The number of nitrogens with one attached hydrogen (secondary N) is 2. The highest BCUT2D eigenvalue weighted by atomic mass is 16.4. The maximum atomic E-state index is 13.0. The third-order valence-electron chi connectivity index (χ3n) is 6.15. The van der Waals surface area contributed by atoms with Crippen molar-refractivity contribution in [1.82, 2.24) is 20.5 Å². The van der Waals surface area contributed by atoms with Crippen LogP contribution in [0.1, 0.15) is 35.6 Å². The summed E-state index contributed by atoms with van der Waals surface area (Å²) in [6, 6.07) is 8.89. The van der Waals surface area contributed by atoms with Crippen LogP contribution in [0.5, 0.6) is 0 Å². The molecule has 2 aliphatic rings. The Morgan fingerprint density at radius 1 is 1.15 bits per heavy atom. The molecule has 3 heterocycles. The fourth-order valence-electron chi connectivity index (χ4n) is 4.37. The Morgan fingerprint density at radius 3 is 2.73 bits per heavy atom. The normalized spacial score (nSPS) is 16.8. The molecular formula is C24H29N5O4. The second-order valence-electron chi connectivity index (χ2n) is 8.38. The van der Waals surface area contributed by atoms with Crippen molar-refractivity contribution in [2.24, 2.45) is 0 Å². The third-order valence-corrected chi connectivity index (χ3v) is 6.15. The van der Waals surface area contributed by atoms with Gasteiger partial charge in [0.2, 0.25) is 5.91 Å². The van der Waals surface area contributed by atoms with Gasteiger partial charge in [-0.2, -0.15) is 0 Å². The number of hydrogen-bond acceptors (Lipinski definition) is 5. The molecule has 0 saturated carbocycles. The minimum Gasteiger partial charge on any atom is -0.481 e. The molecule has 33 heavy (non-hydrogen) atoms. The smallest absolute Gasteiger partial charge is 0.324 e. The first-order valence-corrected chi connectivity index (χ1v) is 11.3. The first-order chi connectivity index (χ1) is 16.0. The molecule has 1 atom stereocenters. The molecule has 1 saturated heterocycles. The highest BCUT2D eigenvalue weighted by Gasteiger charge is 2.30. The number of fused-ring (bicyclic) bond motifs is 1. The van der Waals surface area contributed by atoms with Crippen LogP contribution < -0.4 is 15.5 Å². The lowest BCUT2D eigenvalue weighted by Gasteiger charge is -2.21. The summed E-state index contributed by atoms with van der Waals surface area (Å²) in [4.78, 5) is 44.2. The largest absolute Gasteiger partial charge is 0.481 e. The van der Waals surface area contributed by atoms with E-state index in [4.69, 9.17) is 0 Å². The predicted octanol–water partition coefficient (Wildman–Crippen LogP) is 1.73. The van der Waals surface area contributed by atoms with Crippen LogP contribution in [-0.2, 0) is 22.4 Å². The van der Waals surface area contributed by atoms with Crippen LogP contribution in [0, 0.1) is 0 Å². The maximum Gasteiger partial charge on any atom is 0.324 e. The third kappa shape index (κ3) is 5.67. The van der Waals surface area contributed by atoms with Crippen molar-refractivity contribution in [2.45, 2.75) is 31.7 Å². The molecule has 3 amide bonds. The topological polar surface area (TPSA) is 115 Å². The van der Waals surface area contributed by atoms with E-state index in [1.54, 1.807) is 34.3 Å². The maximum absolute atomic E-state index is 13.0. The number of anilines is 1. The molecule has 0 bridgehead atoms. The van der Waals surface area contributed by atoms with E-state index in [0.29, 0.717) is 18.7 Å². The number of nitrogens with zero attached hydrogens (tertiary/aromatic N) is 3.